The number of allylic oxidation sites excluding steroid dienone is 1. The molecule has 0 aliphatic rings. The molecule has 0 saturated carbocycles. The Balaban J connectivity index is 3.19. The number of carbonyl (C=O) groups excluding carboxylic acids is 2. The van der Waals surface area contributed by atoms with E-state index in [-0.39, 0.29) is 11.4 Å². The van der Waals surface area contributed by atoms with E-state index in [4.69, 9.17) is 0 Å². The monoisotopic (exact) mass is 311 g/mol. The third kappa shape index (κ3) is 3.20. The molecule has 4 nitrogen and oxygen atoms in total. The molecule has 0 aliphatic heterocycles. The number of benzene rings is 1. The second-order valence-electron chi connectivity index (χ2n) is 3.58. The van der Waals surface area contributed by atoms with Gasteiger partial charge in [0.15, 0.2) is 0 Å². The van der Waals surface area contributed by atoms with Gasteiger partial charge < -0.3 is 10.1 Å². The number of ketones is 1. The van der Waals surface area contributed by atoms with Gasteiger partial charge in [0.05, 0.1) is 7.11 Å². The molecule has 0 amide bonds. The Labute approximate surface area is 114 Å². The highest BCUT2D eigenvalue weighted by molar-refractivity contribution is 9.10. The lowest BCUT2D eigenvalue weighted by Crippen LogP contribution is -2.21. The molecule has 1 N–H and O–H groups in total. The van der Waals surface area contributed by atoms with E-state index in [0.29, 0.717) is 11.3 Å². The second kappa shape index (κ2) is 6.35. The van der Waals surface area contributed by atoms with Crippen LogP contribution >= 0.6 is 15.9 Å². The van der Waals surface area contributed by atoms with Crippen LogP contribution < -0.4 is 5.32 Å². The number of hydrogen-bond donors (Lipinski definition) is 1. The largest absolute Gasteiger partial charge is 0.465 e. The molecule has 1 aromatic rings. The summed E-state index contributed by atoms with van der Waals surface area (Å²) in [4.78, 5) is 23.9. The Morgan fingerprint density at radius 1 is 1.22 bits per heavy atom. The fourth-order valence-electron chi connectivity index (χ4n) is 1.39. The van der Waals surface area contributed by atoms with Gasteiger partial charge in [-0.25, -0.2) is 4.79 Å². The molecule has 96 valence electrons. The van der Waals surface area contributed by atoms with E-state index >= 15 is 0 Å². The molecule has 0 unspecified atom stereocenters. The Morgan fingerprint density at radius 2 is 1.78 bits per heavy atom. The number of halogens is 1. The van der Waals surface area contributed by atoms with Crippen LogP contribution in [0.2, 0.25) is 0 Å². The lowest BCUT2D eigenvalue weighted by Gasteiger charge is -2.09. The normalized spacial score (nSPS) is 11.6. The molecule has 0 bridgehead atoms. The predicted molar refractivity (Wildman–Crippen MR) is 72.2 cm³/mol. The van der Waals surface area contributed by atoms with E-state index in [2.05, 4.69) is 26.0 Å². The molecular formula is C13H14BrNO3. The summed E-state index contributed by atoms with van der Waals surface area (Å²) in [5, 5.41) is 2.79. The third-order valence-electron chi connectivity index (χ3n) is 2.47. The third-order valence-corrected chi connectivity index (χ3v) is 3.00. The van der Waals surface area contributed by atoms with Crippen molar-refractivity contribution in [2.45, 2.75) is 6.92 Å². The highest BCUT2D eigenvalue weighted by atomic mass is 79.9. The smallest absolute Gasteiger partial charge is 0.343 e. The number of carbonyl (C=O) groups is 2. The van der Waals surface area contributed by atoms with Gasteiger partial charge in [-0.05, 0) is 31.2 Å². The van der Waals surface area contributed by atoms with Crippen LogP contribution in [-0.4, -0.2) is 25.9 Å². The van der Waals surface area contributed by atoms with Crippen molar-refractivity contribution in [3.63, 3.8) is 0 Å². The number of hydrogen-bond acceptors (Lipinski definition) is 4. The minimum absolute atomic E-state index is 0.0160. The van der Waals surface area contributed by atoms with Gasteiger partial charge in [0.25, 0.3) is 0 Å². The summed E-state index contributed by atoms with van der Waals surface area (Å²) in [5.74, 6) is -1.00. The number of ether oxygens (including phenoxy) is 1. The average molecular weight is 312 g/mol. The zero-order valence-electron chi connectivity index (χ0n) is 10.4. The summed E-state index contributed by atoms with van der Waals surface area (Å²) in [5.41, 5.74) is 0.935. The molecule has 0 atom stereocenters. The summed E-state index contributed by atoms with van der Waals surface area (Å²) in [7, 11) is 2.90. The van der Waals surface area contributed by atoms with E-state index in [0.717, 1.165) is 4.47 Å². The van der Waals surface area contributed by atoms with Crippen molar-refractivity contribution in [3.8, 4) is 0 Å². The molecule has 5 heteroatoms. The SMILES string of the molecule is CN/C(C)=C(/C(=O)OC)C(=O)c1ccc(Br)cc1. The fourth-order valence-corrected chi connectivity index (χ4v) is 1.65. The molecule has 0 aromatic heterocycles. The molecule has 0 spiro atoms. The molecule has 0 heterocycles. The van der Waals surface area contributed by atoms with Crippen LogP contribution in [0.25, 0.3) is 0 Å². The van der Waals surface area contributed by atoms with Gasteiger partial charge in [0.2, 0.25) is 5.78 Å². The summed E-state index contributed by atoms with van der Waals surface area (Å²) in [6.07, 6.45) is 0. The molecule has 1 rings (SSSR count). The molecule has 18 heavy (non-hydrogen) atoms. The van der Waals surface area contributed by atoms with Crippen molar-refractivity contribution < 1.29 is 14.3 Å². The van der Waals surface area contributed by atoms with Crippen molar-refractivity contribution in [2.24, 2.45) is 0 Å². The first-order chi connectivity index (χ1) is 8.51. The van der Waals surface area contributed by atoms with Crippen molar-refractivity contribution in [2.75, 3.05) is 14.2 Å². The van der Waals surface area contributed by atoms with Gasteiger partial charge in [0, 0.05) is 22.8 Å². The van der Waals surface area contributed by atoms with E-state index in [1.165, 1.54) is 7.11 Å². The van der Waals surface area contributed by atoms with Gasteiger partial charge in [-0.1, -0.05) is 15.9 Å². The fraction of sp³-hybridized carbons (Fsp3) is 0.231. The topological polar surface area (TPSA) is 55.4 Å². The van der Waals surface area contributed by atoms with Gasteiger partial charge in [-0.15, -0.1) is 0 Å². The maximum absolute atomic E-state index is 12.2. The van der Waals surface area contributed by atoms with Crippen LogP contribution in [0.3, 0.4) is 0 Å². The van der Waals surface area contributed by atoms with E-state index in [9.17, 15) is 9.59 Å². The van der Waals surface area contributed by atoms with E-state index < -0.39 is 5.97 Å². The van der Waals surface area contributed by atoms with Crippen molar-refractivity contribution >= 4 is 27.7 Å². The van der Waals surface area contributed by atoms with Gasteiger partial charge in [0.1, 0.15) is 5.57 Å². The predicted octanol–water partition coefficient (Wildman–Crippen LogP) is 2.30. The number of rotatable bonds is 4. The Hall–Kier alpha value is -1.62. The quantitative estimate of drug-likeness (QED) is 0.305. The molecule has 0 fully saturated rings. The Bertz CT molecular complexity index is 491. The van der Waals surface area contributed by atoms with Crippen LogP contribution in [0.1, 0.15) is 17.3 Å². The summed E-state index contributed by atoms with van der Waals surface area (Å²) >= 11 is 3.29. The standard InChI is InChI=1S/C13H14BrNO3/c1-8(15-2)11(13(17)18-3)12(16)9-4-6-10(14)7-5-9/h4-7,15H,1-3H3/b11-8+. The number of methoxy groups -OCH3 is 1. The first-order valence-electron chi connectivity index (χ1n) is 5.28. The first-order valence-corrected chi connectivity index (χ1v) is 6.07. The molecule has 0 aliphatic carbocycles. The van der Waals surface area contributed by atoms with Gasteiger partial charge in [-0.2, -0.15) is 0 Å². The Kier molecular flexibility index (Phi) is 5.09. The van der Waals surface area contributed by atoms with Crippen LogP contribution in [0, 0.1) is 0 Å². The molecular weight excluding hydrogens is 298 g/mol. The number of nitrogens with one attached hydrogen (secondary N) is 1. The van der Waals surface area contributed by atoms with Crippen molar-refractivity contribution in [1.82, 2.24) is 5.32 Å². The maximum atomic E-state index is 12.2. The zero-order chi connectivity index (χ0) is 13.7. The molecule has 1 aromatic carbocycles. The minimum Gasteiger partial charge on any atom is -0.465 e. The summed E-state index contributed by atoms with van der Waals surface area (Å²) in [6.45, 7) is 1.66. The van der Waals surface area contributed by atoms with Gasteiger partial charge in [-0.3, -0.25) is 4.79 Å². The zero-order valence-corrected chi connectivity index (χ0v) is 12.0. The second-order valence-corrected chi connectivity index (χ2v) is 4.49. The molecule has 0 saturated heterocycles. The van der Waals surface area contributed by atoms with Crippen molar-refractivity contribution in [3.05, 3.63) is 45.6 Å². The van der Waals surface area contributed by atoms with Crippen LogP contribution in [-0.2, 0) is 9.53 Å². The number of Topliss-reactive ketones (excluding diaryl/α,β-unsaturated/α-hetero) is 1. The van der Waals surface area contributed by atoms with Crippen LogP contribution in [0.5, 0.6) is 0 Å². The van der Waals surface area contributed by atoms with Crippen molar-refractivity contribution in [1.29, 1.82) is 0 Å². The summed E-state index contributed by atoms with van der Waals surface area (Å²) < 4.78 is 5.50. The van der Waals surface area contributed by atoms with E-state index in [1.807, 2.05) is 0 Å². The highest BCUT2D eigenvalue weighted by Gasteiger charge is 2.23. The van der Waals surface area contributed by atoms with Gasteiger partial charge >= 0.3 is 5.97 Å². The highest BCUT2D eigenvalue weighted by Crippen LogP contribution is 2.16. The lowest BCUT2D eigenvalue weighted by molar-refractivity contribution is -0.135. The average Bonchev–Trinajstić information content (AvgIpc) is 2.39. The van der Waals surface area contributed by atoms with E-state index in [1.54, 1.807) is 38.2 Å². The maximum Gasteiger partial charge on any atom is 0.343 e. The van der Waals surface area contributed by atoms with Crippen LogP contribution in [0.15, 0.2) is 40.0 Å². The Morgan fingerprint density at radius 3 is 2.22 bits per heavy atom. The van der Waals surface area contributed by atoms with Crippen LogP contribution in [0.4, 0.5) is 0 Å². The lowest BCUT2D eigenvalue weighted by atomic mass is 10.0. The minimum atomic E-state index is -0.644. The molecule has 0 radical (unpaired) electrons. The first kappa shape index (κ1) is 14.4. The number of esters is 1. The summed E-state index contributed by atoms with van der Waals surface area (Å²) in [6, 6.07) is 6.80.